The van der Waals surface area contributed by atoms with Gasteiger partial charge in [0.1, 0.15) is 6.04 Å². The maximum absolute atomic E-state index is 11.8. The maximum Gasteiger partial charge on any atom is 0.327 e. The molecule has 0 amide bonds. The molecule has 0 aromatic heterocycles. The van der Waals surface area contributed by atoms with Crippen LogP contribution in [0.15, 0.2) is 27.8 Å². The number of benzene rings is 1. The van der Waals surface area contributed by atoms with E-state index < -0.39 is 6.04 Å². The van der Waals surface area contributed by atoms with Crippen molar-refractivity contribution in [3.63, 3.8) is 0 Å². The van der Waals surface area contributed by atoms with E-state index in [2.05, 4.69) is 31.3 Å². The Hall–Kier alpha value is -1.56. The van der Waals surface area contributed by atoms with Gasteiger partial charge in [0.2, 0.25) is 0 Å². The molecule has 0 saturated carbocycles. The van der Waals surface area contributed by atoms with Gasteiger partial charge in [0.25, 0.3) is 0 Å². The molecule has 1 atom stereocenters. The van der Waals surface area contributed by atoms with Crippen molar-refractivity contribution in [3.8, 4) is 0 Å². The zero-order valence-electron chi connectivity index (χ0n) is 10.8. The third-order valence-electron chi connectivity index (χ3n) is 2.59. The number of hydrogen-bond donors (Lipinski definition) is 1. The minimum absolute atomic E-state index is 0.275. The van der Waals surface area contributed by atoms with Gasteiger partial charge in [-0.2, -0.15) is 0 Å². The molecule has 7 heteroatoms. The molecule has 0 bridgehead atoms. The number of hydrogen-bond acceptors (Lipinski definition) is 4. The molecular formula is C12H15BrN4O2. The molecular weight excluding hydrogens is 312 g/mol. The summed E-state index contributed by atoms with van der Waals surface area (Å²) in [5.74, 6) is -0.378. The molecule has 0 aliphatic heterocycles. The van der Waals surface area contributed by atoms with Gasteiger partial charge in [-0.3, -0.25) is 0 Å². The van der Waals surface area contributed by atoms with Crippen molar-refractivity contribution in [2.24, 2.45) is 5.11 Å². The van der Waals surface area contributed by atoms with Gasteiger partial charge >= 0.3 is 5.97 Å². The Morgan fingerprint density at radius 1 is 1.63 bits per heavy atom. The van der Waals surface area contributed by atoms with Crippen molar-refractivity contribution in [2.45, 2.75) is 13.0 Å². The monoisotopic (exact) mass is 326 g/mol. The van der Waals surface area contributed by atoms with Gasteiger partial charge in [-0.05, 0) is 29.6 Å². The number of aryl methyl sites for hydroxylation is 1. The highest BCUT2D eigenvalue weighted by atomic mass is 79.9. The summed E-state index contributed by atoms with van der Waals surface area (Å²) in [7, 11) is 1.34. The Kier molecular flexibility index (Phi) is 6.35. The first-order valence-corrected chi connectivity index (χ1v) is 6.47. The summed E-state index contributed by atoms with van der Waals surface area (Å²) in [6, 6.07) is 5.08. The van der Waals surface area contributed by atoms with Crippen molar-refractivity contribution < 1.29 is 9.53 Å². The lowest BCUT2D eigenvalue weighted by molar-refractivity contribution is -0.143. The molecule has 0 spiro atoms. The van der Waals surface area contributed by atoms with Gasteiger partial charge in [-0.25, -0.2) is 4.79 Å². The number of nitrogens with zero attached hydrogens (tertiary/aromatic N) is 3. The van der Waals surface area contributed by atoms with Crippen molar-refractivity contribution in [2.75, 3.05) is 20.2 Å². The van der Waals surface area contributed by atoms with Crippen LogP contribution in [0.5, 0.6) is 0 Å². The fourth-order valence-corrected chi connectivity index (χ4v) is 1.94. The normalized spacial score (nSPS) is 11.5. The first-order valence-electron chi connectivity index (χ1n) is 5.68. The Bertz CT molecular complexity index is 501. The van der Waals surface area contributed by atoms with E-state index in [-0.39, 0.29) is 12.5 Å². The fourth-order valence-electron chi connectivity index (χ4n) is 1.55. The van der Waals surface area contributed by atoms with Crippen LogP contribution < -0.4 is 5.32 Å². The lowest BCUT2D eigenvalue weighted by Gasteiger charge is -2.17. The average Bonchev–Trinajstić information content (AvgIpc) is 2.41. The van der Waals surface area contributed by atoms with Crippen molar-refractivity contribution >= 4 is 21.9 Å². The average molecular weight is 327 g/mol. The Morgan fingerprint density at radius 3 is 2.95 bits per heavy atom. The van der Waals surface area contributed by atoms with Gasteiger partial charge in [-0.1, -0.05) is 33.2 Å². The molecule has 102 valence electrons. The summed E-state index contributed by atoms with van der Waals surface area (Å²) in [5.41, 5.74) is 10.1. The van der Waals surface area contributed by atoms with Gasteiger partial charge in [0.05, 0.1) is 7.11 Å². The predicted octanol–water partition coefficient (Wildman–Crippen LogP) is 2.87. The first-order chi connectivity index (χ1) is 9.10. The molecule has 0 aliphatic carbocycles. The van der Waals surface area contributed by atoms with Gasteiger partial charge < -0.3 is 10.1 Å². The summed E-state index contributed by atoms with van der Waals surface area (Å²) in [4.78, 5) is 14.4. The number of carbonyl (C=O) groups is 1. The number of azide groups is 1. The Labute approximate surface area is 119 Å². The molecule has 1 unspecified atom stereocenters. The van der Waals surface area contributed by atoms with Crippen molar-refractivity contribution in [3.05, 3.63) is 44.2 Å². The highest BCUT2D eigenvalue weighted by molar-refractivity contribution is 9.10. The van der Waals surface area contributed by atoms with E-state index in [1.807, 2.05) is 25.1 Å². The second-order valence-corrected chi connectivity index (χ2v) is 4.73. The molecule has 1 N–H and O–H groups in total. The van der Waals surface area contributed by atoms with Crippen molar-refractivity contribution in [1.82, 2.24) is 5.32 Å². The summed E-state index contributed by atoms with van der Waals surface area (Å²) < 4.78 is 5.70. The van der Waals surface area contributed by atoms with E-state index in [9.17, 15) is 4.79 Å². The lowest BCUT2D eigenvalue weighted by Crippen LogP contribution is -2.31. The molecule has 19 heavy (non-hydrogen) atoms. The number of carbonyl (C=O) groups excluding carboxylic acids is 1. The van der Waals surface area contributed by atoms with Crippen LogP contribution in [0.3, 0.4) is 0 Å². The molecule has 1 aromatic carbocycles. The smallest absolute Gasteiger partial charge is 0.327 e. The molecule has 1 rings (SSSR count). The number of nitrogens with one attached hydrogen (secondary N) is 1. The third kappa shape index (κ3) is 4.55. The highest BCUT2D eigenvalue weighted by Crippen LogP contribution is 2.22. The zero-order valence-corrected chi connectivity index (χ0v) is 12.3. The quantitative estimate of drug-likeness (QED) is 0.286. The second-order valence-electron chi connectivity index (χ2n) is 3.87. The van der Waals surface area contributed by atoms with Crippen LogP contribution in [-0.2, 0) is 9.53 Å². The van der Waals surface area contributed by atoms with E-state index in [1.54, 1.807) is 0 Å². The Morgan fingerprint density at radius 2 is 2.37 bits per heavy atom. The SMILES string of the molecule is COC(=O)C(NCCN=[N+]=[N-])c1ccc(C)c(Br)c1. The van der Waals surface area contributed by atoms with E-state index in [0.29, 0.717) is 6.54 Å². The fraction of sp³-hybridized carbons (Fsp3) is 0.417. The van der Waals surface area contributed by atoms with Gasteiger partial charge in [0, 0.05) is 22.5 Å². The van der Waals surface area contributed by atoms with Crippen LogP contribution in [0.1, 0.15) is 17.2 Å². The van der Waals surface area contributed by atoms with Crippen LogP contribution in [-0.4, -0.2) is 26.2 Å². The number of halogens is 1. The molecule has 0 radical (unpaired) electrons. The standard InChI is InChI=1S/C12H15BrN4O2/c1-8-3-4-9(7-10(8)13)11(12(18)19-2)15-5-6-16-17-14/h3-4,7,11,15H,5-6H2,1-2H3. The lowest BCUT2D eigenvalue weighted by atomic mass is 10.1. The molecule has 0 heterocycles. The first kappa shape index (κ1) is 15.5. The van der Waals surface area contributed by atoms with E-state index >= 15 is 0 Å². The van der Waals surface area contributed by atoms with Crippen LogP contribution in [0.2, 0.25) is 0 Å². The summed E-state index contributed by atoms with van der Waals surface area (Å²) in [6.07, 6.45) is 0. The number of methoxy groups -OCH3 is 1. The highest BCUT2D eigenvalue weighted by Gasteiger charge is 2.20. The van der Waals surface area contributed by atoms with E-state index in [0.717, 1.165) is 15.6 Å². The molecule has 0 aliphatic rings. The summed E-state index contributed by atoms with van der Waals surface area (Å²) >= 11 is 3.43. The van der Waals surface area contributed by atoms with Gasteiger partial charge in [-0.15, -0.1) is 0 Å². The second kappa shape index (κ2) is 7.78. The Balaban J connectivity index is 2.86. The molecule has 6 nitrogen and oxygen atoms in total. The van der Waals surface area contributed by atoms with Crippen LogP contribution in [0, 0.1) is 6.92 Å². The number of rotatable bonds is 6. The molecule has 0 fully saturated rings. The molecule has 0 saturated heterocycles. The summed E-state index contributed by atoms with van der Waals surface area (Å²) in [5, 5.41) is 6.42. The predicted molar refractivity (Wildman–Crippen MR) is 75.7 cm³/mol. The summed E-state index contributed by atoms with van der Waals surface area (Å²) in [6.45, 7) is 2.64. The van der Waals surface area contributed by atoms with E-state index in [1.165, 1.54) is 7.11 Å². The van der Waals surface area contributed by atoms with Crippen LogP contribution in [0.4, 0.5) is 0 Å². The zero-order chi connectivity index (χ0) is 14.3. The minimum atomic E-state index is -0.573. The largest absolute Gasteiger partial charge is 0.468 e. The number of esters is 1. The third-order valence-corrected chi connectivity index (χ3v) is 3.44. The van der Waals surface area contributed by atoms with E-state index in [4.69, 9.17) is 10.3 Å². The van der Waals surface area contributed by atoms with Crippen LogP contribution >= 0.6 is 15.9 Å². The van der Waals surface area contributed by atoms with Gasteiger partial charge in [0.15, 0.2) is 0 Å². The topological polar surface area (TPSA) is 87.1 Å². The van der Waals surface area contributed by atoms with Crippen LogP contribution in [0.25, 0.3) is 10.4 Å². The van der Waals surface area contributed by atoms with Crippen molar-refractivity contribution in [1.29, 1.82) is 0 Å². The minimum Gasteiger partial charge on any atom is -0.468 e. The molecule has 1 aromatic rings. The number of ether oxygens (including phenoxy) is 1. The maximum atomic E-state index is 11.8.